The van der Waals surface area contributed by atoms with Crippen molar-refractivity contribution in [2.45, 2.75) is 12.6 Å². The van der Waals surface area contributed by atoms with Gasteiger partial charge in [0, 0.05) is 6.54 Å². The van der Waals surface area contributed by atoms with Crippen molar-refractivity contribution in [2.24, 2.45) is 5.73 Å². The van der Waals surface area contributed by atoms with Crippen LogP contribution >= 0.6 is 0 Å². The highest BCUT2D eigenvalue weighted by Crippen LogP contribution is 2.27. The molecule has 0 spiro atoms. The van der Waals surface area contributed by atoms with Crippen molar-refractivity contribution >= 4 is 11.8 Å². The summed E-state index contributed by atoms with van der Waals surface area (Å²) in [5.41, 5.74) is 4.32. The first-order valence-corrected chi connectivity index (χ1v) is 4.89. The van der Waals surface area contributed by atoms with Crippen LogP contribution in [0.1, 0.15) is 27.6 Å². The number of carbonyl (C=O) groups excluding carboxylic acids is 2. The van der Waals surface area contributed by atoms with E-state index in [2.05, 4.69) is 0 Å². The molecule has 1 aliphatic heterocycles. The number of imide groups is 1. The lowest BCUT2D eigenvalue weighted by Crippen LogP contribution is -2.54. The van der Waals surface area contributed by atoms with E-state index in [1.54, 1.807) is 24.3 Å². The quantitative estimate of drug-likeness (QED) is 0.684. The molecule has 3 N–H and O–H groups in total. The molecule has 84 valence electrons. The highest BCUT2D eigenvalue weighted by Gasteiger charge is 2.44. The van der Waals surface area contributed by atoms with Crippen LogP contribution < -0.4 is 5.73 Å². The smallest absolute Gasteiger partial charge is 0.263 e. The Morgan fingerprint density at radius 2 is 1.69 bits per heavy atom. The zero-order chi connectivity index (χ0) is 11.9. The highest BCUT2D eigenvalue weighted by atomic mass is 16.3. The average molecular weight is 220 g/mol. The number of aliphatic hydroxyl groups is 1. The van der Waals surface area contributed by atoms with Gasteiger partial charge in [-0.15, -0.1) is 0 Å². The summed E-state index contributed by atoms with van der Waals surface area (Å²) in [5, 5.41) is 9.90. The lowest BCUT2D eigenvalue weighted by molar-refractivity contribution is -0.0476. The first kappa shape index (κ1) is 10.8. The third-order valence-electron chi connectivity index (χ3n) is 2.66. The molecule has 0 aromatic heterocycles. The second kappa shape index (κ2) is 3.40. The van der Waals surface area contributed by atoms with Crippen LogP contribution in [0.5, 0.6) is 0 Å². The second-order valence-electron chi connectivity index (χ2n) is 3.91. The van der Waals surface area contributed by atoms with E-state index in [9.17, 15) is 14.7 Å². The molecule has 2 rings (SSSR count). The van der Waals surface area contributed by atoms with Crippen molar-refractivity contribution < 1.29 is 14.7 Å². The fourth-order valence-corrected chi connectivity index (χ4v) is 1.72. The summed E-state index contributed by atoms with van der Waals surface area (Å²) in [6.07, 6.45) is 0. The summed E-state index contributed by atoms with van der Waals surface area (Å²) >= 11 is 0. The highest BCUT2D eigenvalue weighted by molar-refractivity contribution is 6.21. The molecule has 1 aromatic rings. The summed E-state index contributed by atoms with van der Waals surface area (Å²) in [7, 11) is 0. The van der Waals surface area contributed by atoms with Gasteiger partial charge in [-0.3, -0.25) is 9.59 Å². The lowest BCUT2D eigenvalue weighted by Gasteiger charge is -2.30. The minimum atomic E-state index is -1.65. The van der Waals surface area contributed by atoms with Crippen molar-refractivity contribution in [3.8, 4) is 0 Å². The van der Waals surface area contributed by atoms with E-state index in [1.807, 2.05) is 0 Å². The average Bonchev–Trinajstić information content (AvgIpc) is 2.53. The van der Waals surface area contributed by atoms with Gasteiger partial charge >= 0.3 is 0 Å². The summed E-state index contributed by atoms with van der Waals surface area (Å²) in [6.45, 7) is 1.15. The van der Waals surface area contributed by atoms with Crippen LogP contribution in [0.3, 0.4) is 0 Å². The molecule has 1 aromatic carbocycles. The summed E-state index contributed by atoms with van der Waals surface area (Å²) in [5.74, 6) is -1.01. The molecular weight excluding hydrogens is 208 g/mol. The van der Waals surface area contributed by atoms with Gasteiger partial charge in [-0.1, -0.05) is 12.1 Å². The van der Waals surface area contributed by atoms with Gasteiger partial charge in [0.15, 0.2) is 5.72 Å². The molecule has 0 unspecified atom stereocenters. The zero-order valence-corrected chi connectivity index (χ0v) is 8.80. The number of hydrogen-bond donors (Lipinski definition) is 2. The molecule has 0 saturated heterocycles. The van der Waals surface area contributed by atoms with Crippen LogP contribution in [0.15, 0.2) is 24.3 Å². The standard InChI is InChI=1S/C11H12N2O3/c1-11(16,6-12)13-9(14)7-4-2-3-5-8(7)10(13)15/h2-5,16H,6,12H2,1H3/t11-/m0/s1. The van der Waals surface area contributed by atoms with E-state index >= 15 is 0 Å². The summed E-state index contributed by atoms with van der Waals surface area (Å²) in [4.78, 5) is 24.6. The molecule has 16 heavy (non-hydrogen) atoms. The predicted molar refractivity (Wildman–Crippen MR) is 56.6 cm³/mol. The topological polar surface area (TPSA) is 83.6 Å². The Balaban J connectivity index is 2.51. The number of rotatable bonds is 2. The molecular formula is C11H12N2O3. The van der Waals surface area contributed by atoms with Gasteiger partial charge in [0.1, 0.15) is 0 Å². The Morgan fingerprint density at radius 3 is 2.06 bits per heavy atom. The number of fused-ring (bicyclic) bond motifs is 1. The monoisotopic (exact) mass is 220 g/mol. The van der Waals surface area contributed by atoms with Crippen molar-refractivity contribution in [1.82, 2.24) is 4.90 Å². The normalized spacial score (nSPS) is 18.6. The van der Waals surface area contributed by atoms with Gasteiger partial charge in [-0.05, 0) is 19.1 Å². The van der Waals surface area contributed by atoms with Gasteiger partial charge in [-0.2, -0.15) is 0 Å². The van der Waals surface area contributed by atoms with Gasteiger partial charge in [0.25, 0.3) is 11.8 Å². The van der Waals surface area contributed by atoms with E-state index < -0.39 is 17.5 Å². The molecule has 5 heteroatoms. The Kier molecular flexibility index (Phi) is 2.29. The number of carbonyl (C=O) groups is 2. The maximum atomic E-state index is 11.9. The largest absolute Gasteiger partial charge is 0.369 e. The van der Waals surface area contributed by atoms with E-state index in [0.717, 1.165) is 4.90 Å². The first-order chi connectivity index (χ1) is 7.49. The molecule has 0 bridgehead atoms. The molecule has 2 amide bonds. The Labute approximate surface area is 92.5 Å². The first-order valence-electron chi connectivity index (χ1n) is 4.89. The molecule has 0 saturated carbocycles. The Morgan fingerprint density at radius 1 is 1.25 bits per heavy atom. The molecule has 1 aliphatic rings. The SMILES string of the molecule is C[C@](O)(CN)N1C(=O)c2ccccc2C1=O. The predicted octanol–water partition coefficient (Wildman–Crippen LogP) is -0.0502. The van der Waals surface area contributed by atoms with Gasteiger partial charge in [0.2, 0.25) is 0 Å². The van der Waals surface area contributed by atoms with Crippen LogP contribution in [0.2, 0.25) is 0 Å². The van der Waals surface area contributed by atoms with Crippen molar-refractivity contribution in [2.75, 3.05) is 6.54 Å². The van der Waals surface area contributed by atoms with Crippen LogP contribution in [-0.4, -0.2) is 34.1 Å². The van der Waals surface area contributed by atoms with Crippen molar-refractivity contribution in [1.29, 1.82) is 0 Å². The van der Waals surface area contributed by atoms with E-state index in [-0.39, 0.29) is 6.54 Å². The van der Waals surface area contributed by atoms with Gasteiger partial charge < -0.3 is 10.8 Å². The number of amides is 2. The third-order valence-corrected chi connectivity index (χ3v) is 2.66. The Hall–Kier alpha value is -1.72. The fourth-order valence-electron chi connectivity index (χ4n) is 1.72. The number of nitrogens with zero attached hydrogens (tertiary/aromatic N) is 1. The van der Waals surface area contributed by atoms with Crippen molar-refractivity contribution in [3.05, 3.63) is 35.4 Å². The number of benzene rings is 1. The maximum absolute atomic E-state index is 11.9. The minimum Gasteiger partial charge on any atom is -0.369 e. The van der Waals surface area contributed by atoms with Crippen LogP contribution in [0.4, 0.5) is 0 Å². The molecule has 1 atom stereocenters. The minimum absolute atomic E-state index is 0.196. The van der Waals surface area contributed by atoms with Crippen LogP contribution in [0.25, 0.3) is 0 Å². The van der Waals surface area contributed by atoms with Gasteiger partial charge in [0.05, 0.1) is 11.1 Å². The lowest BCUT2D eigenvalue weighted by atomic mass is 10.1. The molecule has 0 radical (unpaired) electrons. The molecule has 5 nitrogen and oxygen atoms in total. The van der Waals surface area contributed by atoms with Crippen LogP contribution in [-0.2, 0) is 0 Å². The summed E-state index contributed by atoms with van der Waals surface area (Å²) < 4.78 is 0. The Bertz CT molecular complexity index is 433. The zero-order valence-electron chi connectivity index (χ0n) is 8.80. The molecule has 0 aliphatic carbocycles. The number of nitrogens with two attached hydrogens (primary N) is 1. The van der Waals surface area contributed by atoms with Gasteiger partial charge in [-0.25, -0.2) is 4.90 Å². The fraction of sp³-hybridized carbons (Fsp3) is 0.273. The molecule has 0 fully saturated rings. The number of hydrogen-bond acceptors (Lipinski definition) is 4. The van der Waals surface area contributed by atoms with E-state index in [1.165, 1.54) is 6.92 Å². The van der Waals surface area contributed by atoms with Crippen LogP contribution in [0, 0.1) is 0 Å². The van der Waals surface area contributed by atoms with Crippen molar-refractivity contribution in [3.63, 3.8) is 0 Å². The third kappa shape index (κ3) is 1.33. The molecule has 1 heterocycles. The van der Waals surface area contributed by atoms with E-state index in [0.29, 0.717) is 11.1 Å². The summed E-state index contributed by atoms with van der Waals surface area (Å²) in [6, 6.07) is 6.46. The second-order valence-corrected chi connectivity index (χ2v) is 3.91. The maximum Gasteiger partial charge on any atom is 0.263 e. The van der Waals surface area contributed by atoms with E-state index in [4.69, 9.17) is 5.73 Å².